The molecule has 0 aromatic heterocycles. The fraction of sp³-hybridized carbons (Fsp3) is 0.364. The Morgan fingerprint density at radius 3 is 2.15 bits per heavy atom. The summed E-state index contributed by atoms with van der Waals surface area (Å²) in [4.78, 5) is 25.1. The van der Waals surface area contributed by atoms with E-state index in [4.69, 9.17) is 9.47 Å². The summed E-state index contributed by atoms with van der Waals surface area (Å²) < 4.78 is 11.4. The molecule has 3 atom stereocenters. The number of benzene rings is 2. The molecule has 0 unspecified atom stereocenters. The van der Waals surface area contributed by atoms with E-state index in [1.165, 1.54) is 0 Å². The molecule has 1 saturated heterocycles. The third-order valence-electron chi connectivity index (χ3n) is 4.64. The molecule has 2 aromatic carbocycles. The molecule has 4 nitrogen and oxygen atoms in total. The minimum atomic E-state index is -0.845. The van der Waals surface area contributed by atoms with E-state index >= 15 is 0 Å². The van der Waals surface area contributed by atoms with Gasteiger partial charge in [-0.05, 0) is 30.9 Å². The quantitative estimate of drug-likeness (QED) is 0.591. The third kappa shape index (κ3) is 4.58. The highest BCUT2D eigenvalue weighted by molar-refractivity contribution is 6.00. The Bertz CT molecular complexity index is 726. The van der Waals surface area contributed by atoms with Gasteiger partial charge in [0.05, 0.1) is 18.8 Å². The summed E-state index contributed by atoms with van der Waals surface area (Å²) in [5.41, 5.74) is 2.17. The lowest BCUT2D eigenvalue weighted by molar-refractivity contribution is -0.168. The molecule has 1 aliphatic heterocycles. The van der Waals surface area contributed by atoms with E-state index in [1.807, 2.05) is 60.7 Å². The number of esters is 1. The highest BCUT2D eigenvalue weighted by atomic mass is 16.5. The molecule has 0 N–H and O–H groups in total. The molecule has 0 saturated carbocycles. The molecule has 3 rings (SSSR count). The molecular formula is C22H24O4. The van der Waals surface area contributed by atoms with Crippen LogP contribution < -0.4 is 0 Å². The maximum atomic E-state index is 12.7. The number of carbonyl (C=O) groups excluding carboxylic acids is 2. The summed E-state index contributed by atoms with van der Waals surface area (Å²) in [6.07, 6.45) is 0.703. The van der Waals surface area contributed by atoms with Gasteiger partial charge in [0.15, 0.2) is 5.78 Å². The maximum absolute atomic E-state index is 12.7. The normalized spacial score (nSPS) is 22.8. The van der Waals surface area contributed by atoms with Gasteiger partial charge in [-0.2, -0.15) is 0 Å². The van der Waals surface area contributed by atoms with Crippen LogP contribution in [0.1, 0.15) is 24.5 Å². The van der Waals surface area contributed by atoms with Gasteiger partial charge in [0.25, 0.3) is 0 Å². The van der Waals surface area contributed by atoms with E-state index in [1.54, 1.807) is 6.92 Å². The minimum absolute atomic E-state index is 0.0865. The Morgan fingerprint density at radius 2 is 1.58 bits per heavy atom. The summed E-state index contributed by atoms with van der Waals surface area (Å²) >= 11 is 0. The Labute approximate surface area is 154 Å². The van der Waals surface area contributed by atoms with Gasteiger partial charge in [0, 0.05) is 6.42 Å². The largest absolute Gasteiger partial charge is 0.465 e. The summed E-state index contributed by atoms with van der Waals surface area (Å²) in [6.45, 7) is 2.00. The molecular weight excluding hydrogens is 328 g/mol. The van der Waals surface area contributed by atoms with Crippen molar-refractivity contribution < 1.29 is 19.1 Å². The summed E-state index contributed by atoms with van der Waals surface area (Å²) in [5, 5.41) is 0. The van der Waals surface area contributed by atoms with Crippen molar-refractivity contribution in [3.05, 3.63) is 71.8 Å². The predicted octanol–water partition coefficient (Wildman–Crippen LogP) is 3.38. The van der Waals surface area contributed by atoms with Crippen LogP contribution in [0.4, 0.5) is 0 Å². The molecule has 136 valence electrons. The first-order chi connectivity index (χ1) is 12.7. The number of hydrogen-bond donors (Lipinski definition) is 0. The summed E-state index contributed by atoms with van der Waals surface area (Å²) in [6, 6.07) is 19.8. The number of rotatable bonds is 6. The molecule has 0 amide bonds. The first-order valence-electron chi connectivity index (χ1n) is 9.10. The highest BCUT2D eigenvalue weighted by Crippen LogP contribution is 2.28. The predicted molar refractivity (Wildman–Crippen MR) is 98.7 cm³/mol. The van der Waals surface area contributed by atoms with Gasteiger partial charge in [-0.3, -0.25) is 9.59 Å². The number of ketones is 1. The van der Waals surface area contributed by atoms with Crippen LogP contribution in [0.25, 0.3) is 0 Å². The van der Waals surface area contributed by atoms with E-state index < -0.39 is 18.0 Å². The van der Waals surface area contributed by atoms with Crippen LogP contribution in [0.2, 0.25) is 0 Å². The standard InChI is InChI=1S/C22H24O4/c1-2-25-22(24)21-19(23)15-18(13-16-9-5-3-6-10-16)26-20(21)14-17-11-7-4-8-12-17/h3-12,18,20-21H,2,13-15H2,1H3/t18-,20+,21-/m0/s1. The molecule has 4 heteroatoms. The lowest BCUT2D eigenvalue weighted by Crippen LogP contribution is -2.47. The molecule has 1 fully saturated rings. The zero-order valence-electron chi connectivity index (χ0n) is 15.0. The zero-order valence-corrected chi connectivity index (χ0v) is 15.0. The van der Waals surface area contributed by atoms with Gasteiger partial charge in [-0.25, -0.2) is 0 Å². The van der Waals surface area contributed by atoms with Crippen molar-refractivity contribution >= 4 is 11.8 Å². The molecule has 0 spiro atoms. The Kier molecular flexibility index (Phi) is 6.18. The second kappa shape index (κ2) is 8.77. The van der Waals surface area contributed by atoms with E-state index in [2.05, 4.69) is 0 Å². The monoisotopic (exact) mass is 352 g/mol. The molecule has 1 aliphatic rings. The van der Waals surface area contributed by atoms with Crippen molar-refractivity contribution in [3.63, 3.8) is 0 Å². The van der Waals surface area contributed by atoms with Crippen LogP contribution in [0.5, 0.6) is 0 Å². The van der Waals surface area contributed by atoms with Gasteiger partial charge in [0.2, 0.25) is 0 Å². The molecule has 1 heterocycles. The summed E-state index contributed by atoms with van der Waals surface area (Å²) in [5.74, 6) is -1.41. The zero-order chi connectivity index (χ0) is 18.4. The van der Waals surface area contributed by atoms with Gasteiger partial charge in [-0.15, -0.1) is 0 Å². The van der Waals surface area contributed by atoms with E-state index in [-0.39, 0.29) is 24.9 Å². The second-order valence-corrected chi connectivity index (χ2v) is 6.58. The van der Waals surface area contributed by atoms with Gasteiger partial charge >= 0.3 is 5.97 Å². The molecule has 0 radical (unpaired) electrons. The lowest BCUT2D eigenvalue weighted by Gasteiger charge is -2.34. The Balaban J connectivity index is 1.78. The van der Waals surface area contributed by atoms with Crippen molar-refractivity contribution in [2.75, 3.05) is 6.61 Å². The molecule has 26 heavy (non-hydrogen) atoms. The number of ether oxygens (including phenoxy) is 2. The Hall–Kier alpha value is -2.46. The van der Waals surface area contributed by atoms with Crippen molar-refractivity contribution in [3.8, 4) is 0 Å². The molecule has 2 aromatic rings. The highest BCUT2D eigenvalue weighted by Gasteiger charge is 2.42. The fourth-order valence-electron chi connectivity index (χ4n) is 3.46. The number of carbonyl (C=O) groups is 2. The van der Waals surface area contributed by atoms with E-state index in [0.717, 1.165) is 11.1 Å². The van der Waals surface area contributed by atoms with E-state index in [9.17, 15) is 9.59 Å². The average molecular weight is 352 g/mol. The van der Waals surface area contributed by atoms with Crippen LogP contribution in [-0.2, 0) is 31.9 Å². The fourth-order valence-corrected chi connectivity index (χ4v) is 3.46. The minimum Gasteiger partial charge on any atom is -0.465 e. The first kappa shape index (κ1) is 18.3. The van der Waals surface area contributed by atoms with Crippen molar-refractivity contribution in [1.82, 2.24) is 0 Å². The SMILES string of the molecule is CCOC(=O)[C@H]1C(=O)C[C@H](Cc2ccccc2)O[C@@H]1Cc1ccccc1. The van der Waals surface area contributed by atoms with Gasteiger partial charge in [0.1, 0.15) is 5.92 Å². The van der Waals surface area contributed by atoms with Crippen LogP contribution in [-0.4, -0.2) is 30.6 Å². The molecule has 0 aliphatic carbocycles. The van der Waals surface area contributed by atoms with Crippen LogP contribution in [0, 0.1) is 5.92 Å². The summed E-state index contributed by atoms with van der Waals surface area (Å²) in [7, 11) is 0. The van der Waals surface area contributed by atoms with Crippen molar-refractivity contribution in [2.45, 2.75) is 38.4 Å². The number of hydrogen-bond acceptors (Lipinski definition) is 4. The van der Waals surface area contributed by atoms with Gasteiger partial charge in [-0.1, -0.05) is 60.7 Å². The smallest absolute Gasteiger partial charge is 0.319 e. The number of Topliss-reactive ketones (excluding diaryl/α,β-unsaturated/α-hetero) is 1. The van der Waals surface area contributed by atoms with Crippen LogP contribution in [0.3, 0.4) is 0 Å². The van der Waals surface area contributed by atoms with Crippen molar-refractivity contribution in [1.29, 1.82) is 0 Å². The Morgan fingerprint density at radius 1 is 1.00 bits per heavy atom. The lowest BCUT2D eigenvalue weighted by atomic mass is 9.85. The van der Waals surface area contributed by atoms with Crippen LogP contribution in [0.15, 0.2) is 60.7 Å². The topological polar surface area (TPSA) is 52.6 Å². The van der Waals surface area contributed by atoms with Crippen molar-refractivity contribution in [2.24, 2.45) is 5.92 Å². The second-order valence-electron chi connectivity index (χ2n) is 6.58. The molecule has 0 bridgehead atoms. The van der Waals surface area contributed by atoms with E-state index in [0.29, 0.717) is 12.8 Å². The van der Waals surface area contributed by atoms with Gasteiger partial charge < -0.3 is 9.47 Å². The first-order valence-corrected chi connectivity index (χ1v) is 9.10. The van der Waals surface area contributed by atoms with Crippen LogP contribution >= 0.6 is 0 Å². The average Bonchev–Trinajstić information content (AvgIpc) is 2.63. The maximum Gasteiger partial charge on any atom is 0.319 e. The third-order valence-corrected chi connectivity index (χ3v) is 4.64.